The molecule has 0 spiro atoms. The van der Waals surface area contributed by atoms with Crippen molar-refractivity contribution in [1.29, 1.82) is 0 Å². The number of nitrogens with one attached hydrogen (secondary N) is 1. The lowest BCUT2D eigenvalue weighted by atomic mass is 10.1. The molecule has 1 aliphatic rings. The molecule has 0 radical (unpaired) electrons. The van der Waals surface area contributed by atoms with Crippen LogP contribution in [0.1, 0.15) is 26.2 Å². The average Bonchev–Trinajstić information content (AvgIpc) is 3.20. The normalized spacial score (nSPS) is 17.5. The molecule has 3 heterocycles. The molecule has 8 nitrogen and oxygen atoms in total. The molecule has 8 heteroatoms. The first-order chi connectivity index (χ1) is 11.5. The lowest BCUT2D eigenvalue weighted by Crippen LogP contribution is -2.35. The average molecular weight is 329 g/mol. The molecule has 1 unspecified atom stereocenters. The third-order valence-corrected chi connectivity index (χ3v) is 3.97. The van der Waals surface area contributed by atoms with E-state index in [1.54, 1.807) is 29.4 Å². The molecule has 1 aliphatic heterocycles. The fourth-order valence-corrected chi connectivity index (χ4v) is 2.66. The highest BCUT2D eigenvalue weighted by atomic mass is 16.5. The van der Waals surface area contributed by atoms with Gasteiger partial charge in [0.25, 0.3) is 0 Å². The predicted octanol–water partition coefficient (Wildman–Crippen LogP) is 1.00. The van der Waals surface area contributed by atoms with Gasteiger partial charge in [-0.25, -0.2) is 0 Å². The number of hydrogen-bond acceptors (Lipinski definition) is 6. The lowest BCUT2D eigenvalue weighted by Gasteiger charge is -2.20. The van der Waals surface area contributed by atoms with Gasteiger partial charge in [-0.15, -0.1) is 0 Å². The van der Waals surface area contributed by atoms with Crippen molar-refractivity contribution in [2.75, 3.05) is 6.54 Å². The summed E-state index contributed by atoms with van der Waals surface area (Å²) in [6.45, 7) is 4.48. The van der Waals surface area contributed by atoms with Gasteiger partial charge >= 0.3 is 0 Å². The first-order valence-electron chi connectivity index (χ1n) is 7.84. The van der Waals surface area contributed by atoms with Crippen molar-refractivity contribution in [2.24, 2.45) is 5.92 Å². The summed E-state index contributed by atoms with van der Waals surface area (Å²) >= 11 is 0. The van der Waals surface area contributed by atoms with E-state index in [1.165, 1.54) is 0 Å². The van der Waals surface area contributed by atoms with E-state index in [4.69, 9.17) is 4.52 Å². The zero-order valence-electron chi connectivity index (χ0n) is 13.6. The minimum atomic E-state index is -0.331. The fraction of sp³-hybridized carbons (Fsp3) is 0.438. The van der Waals surface area contributed by atoms with Crippen LogP contribution in [0.3, 0.4) is 0 Å². The quantitative estimate of drug-likeness (QED) is 0.878. The van der Waals surface area contributed by atoms with Crippen LogP contribution in [0, 0.1) is 5.92 Å². The number of carbonyl (C=O) groups excluding carboxylic acids is 2. The van der Waals surface area contributed by atoms with Crippen LogP contribution in [0.4, 0.5) is 0 Å². The SMILES string of the molecule is CC(C)N1CC(C(=O)NCc2nc(-c3ccncc3)no2)CC1=O. The van der Waals surface area contributed by atoms with E-state index in [9.17, 15) is 9.59 Å². The summed E-state index contributed by atoms with van der Waals surface area (Å²) in [5, 5.41) is 6.64. The second-order valence-electron chi connectivity index (χ2n) is 6.01. The molecule has 0 aliphatic carbocycles. The van der Waals surface area contributed by atoms with Gasteiger partial charge in [-0.2, -0.15) is 4.98 Å². The summed E-state index contributed by atoms with van der Waals surface area (Å²) in [6, 6.07) is 3.66. The van der Waals surface area contributed by atoms with Crippen LogP contribution >= 0.6 is 0 Å². The molecule has 1 N–H and O–H groups in total. The number of nitrogens with zero attached hydrogens (tertiary/aromatic N) is 4. The number of amides is 2. The van der Waals surface area contributed by atoms with Crippen molar-refractivity contribution in [1.82, 2.24) is 25.3 Å². The van der Waals surface area contributed by atoms with E-state index in [-0.39, 0.29) is 36.7 Å². The monoisotopic (exact) mass is 329 g/mol. The minimum Gasteiger partial charge on any atom is -0.347 e. The van der Waals surface area contributed by atoms with Crippen molar-refractivity contribution in [3.8, 4) is 11.4 Å². The van der Waals surface area contributed by atoms with Crippen LogP contribution in [-0.2, 0) is 16.1 Å². The van der Waals surface area contributed by atoms with Gasteiger partial charge < -0.3 is 14.7 Å². The molecule has 2 amide bonds. The van der Waals surface area contributed by atoms with Crippen molar-refractivity contribution in [2.45, 2.75) is 32.9 Å². The first-order valence-corrected chi connectivity index (χ1v) is 7.84. The van der Waals surface area contributed by atoms with Crippen molar-refractivity contribution < 1.29 is 14.1 Å². The molecule has 0 aromatic carbocycles. The Balaban J connectivity index is 1.56. The molecular formula is C16H19N5O3. The largest absolute Gasteiger partial charge is 0.347 e. The molecule has 24 heavy (non-hydrogen) atoms. The number of pyridine rings is 1. The van der Waals surface area contributed by atoms with Crippen LogP contribution in [0.5, 0.6) is 0 Å². The summed E-state index contributed by atoms with van der Waals surface area (Å²) < 4.78 is 5.14. The van der Waals surface area contributed by atoms with Gasteiger partial charge in [-0.3, -0.25) is 14.6 Å². The fourth-order valence-electron chi connectivity index (χ4n) is 2.66. The summed E-state index contributed by atoms with van der Waals surface area (Å²) in [4.78, 5) is 34.0. The third-order valence-electron chi connectivity index (χ3n) is 3.97. The van der Waals surface area contributed by atoms with Crippen molar-refractivity contribution in [3.63, 3.8) is 0 Å². The summed E-state index contributed by atoms with van der Waals surface area (Å²) in [5.74, 6) is 0.282. The second kappa shape index (κ2) is 6.77. The van der Waals surface area contributed by atoms with E-state index in [0.717, 1.165) is 5.56 Å². The van der Waals surface area contributed by atoms with E-state index in [1.807, 2.05) is 13.8 Å². The maximum atomic E-state index is 12.2. The van der Waals surface area contributed by atoms with Gasteiger partial charge in [0.05, 0.1) is 12.5 Å². The Kier molecular flexibility index (Phi) is 4.54. The number of hydrogen-bond donors (Lipinski definition) is 1. The number of carbonyl (C=O) groups is 2. The molecule has 1 fully saturated rings. The second-order valence-corrected chi connectivity index (χ2v) is 6.01. The summed E-state index contributed by atoms with van der Waals surface area (Å²) in [6.07, 6.45) is 3.53. The number of likely N-dealkylation sites (tertiary alicyclic amines) is 1. The zero-order chi connectivity index (χ0) is 17.1. The molecule has 3 rings (SSSR count). The maximum Gasteiger partial charge on any atom is 0.246 e. The van der Waals surface area contributed by atoms with Crippen LogP contribution in [0.25, 0.3) is 11.4 Å². The predicted molar refractivity (Wildman–Crippen MR) is 84.3 cm³/mol. The number of aromatic nitrogens is 3. The molecule has 2 aromatic heterocycles. The molecule has 1 saturated heterocycles. The van der Waals surface area contributed by atoms with Crippen LogP contribution in [-0.4, -0.2) is 44.4 Å². The molecule has 0 bridgehead atoms. The molecule has 126 valence electrons. The van der Waals surface area contributed by atoms with E-state index in [2.05, 4.69) is 20.4 Å². The van der Waals surface area contributed by atoms with Crippen LogP contribution < -0.4 is 5.32 Å². The smallest absolute Gasteiger partial charge is 0.246 e. The van der Waals surface area contributed by atoms with Gasteiger partial charge in [0, 0.05) is 37.0 Å². The Labute approximate surface area is 139 Å². The van der Waals surface area contributed by atoms with Gasteiger partial charge in [0.15, 0.2) is 0 Å². The highest BCUT2D eigenvalue weighted by Gasteiger charge is 2.35. The highest BCUT2D eigenvalue weighted by Crippen LogP contribution is 2.20. The summed E-state index contributed by atoms with van der Waals surface area (Å²) in [5.41, 5.74) is 0.792. The van der Waals surface area contributed by atoms with Crippen LogP contribution in [0.2, 0.25) is 0 Å². The van der Waals surface area contributed by atoms with Gasteiger partial charge in [-0.1, -0.05) is 5.16 Å². The lowest BCUT2D eigenvalue weighted by molar-refractivity contribution is -0.130. The van der Waals surface area contributed by atoms with Crippen molar-refractivity contribution in [3.05, 3.63) is 30.4 Å². The van der Waals surface area contributed by atoms with Crippen molar-refractivity contribution >= 4 is 11.8 Å². The van der Waals surface area contributed by atoms with Crippen LogP contribution in [0.15, 0.2) is 29.0 Å². The summed E-state index contributed by atoms with van der Waals surface area (Å²) in [7, 11) is 0. The third kappa shape index (κ3) is 3.42. The number of rotatable bonds is 5. The highest BCUT2D eigenvalue weighted by molar-refractivity contribution is 5.89. The Morgan fingerprint density at radius 2 is 2.17 bits per heavy atom. The molecule has 2 aromatic rings. The van der Waals surface area contributed by atoms with Gasteiger partial charge in [0.2, 0.25) is 23.5 Å². The molecule has 1 atom stereocenters. The Morgan fingerprint density at radius 1 is 1.42 bits per heavy atom. The van der Waals surface area contributed by atoms with Gasteiger partial charge in [-0.05, 0) is 26.0 Å². The maximum absolute atomic E-state index is 12.2. The first kappa shape index (κ1) is 16.1. The Bertz CT molecular complexity index is 728. The van der Waals surface area contributed by atoms with E-state index < -0.39 is 0 Å². The topological polar surface area (TPSA) is 101 Å². The molecule has 0 saturated carbocycles. The van der Waals surface area contributed by atoms with E-state index >= 15 is 0 Å². The zero-order valence-corrected chi connectivity index (χ0v) is 13.6. The standard InChI is InChI=1S/C16H19N5O3/c1-10(2)21-9-12(7-14(21)22)16(23)18-8-13-19-15(20-24-13)11-3-5-17-6-4-11/h3-6,10,12H,7-9H2,1-2H3,(H,18,23). The minimum absolute atomic E-state index is 0.0166. The Hall–Kier alpha value is -2.77. The Morgan fingerprint density at radius 3 is 2.83 bits per heavy atom. The van der Waals surface area contributed by atoms with E-state index in [0.29, 0.717) is 18.3 Å². The van der Waals surface area contributed by atoms with Gasteiger partial charge in [0.1, 0.15) is 0 Å². The molecular weight excluding hydrogens is 310 g/mol.